The van der Waals surface area contributed by atoms with E-state index in [-0.39, 0.29) is 31.8 Å². The van der Waals surface area contributed by atoms with Crippen molar-refractivity contribution in [2.24, 2.45) is 11.8 Å². The summed E-state index contributed by atoms with van der Waals surface area (Å²) in [5, 5.41) is 16.6. The van der Waals surface area contributed by atoms with Crippen LogP contribution in [0.1, 0.15) is 44.1 Å². The highest BCUT2D eigenvalue weighted by molar-refractivity contribution is 6.38. The van der Waals surface area contributed by atoms with Gasteiger partial charge in [-0.2, -0.15) is 0 Å². The van der Waals surface area contributed by atoms with E-state index in [1.165, 1.54) is 4.68 Å². The lowest BCUT2D eigenvalue weighted by Crippen LogP contribution is -2.60. The van der Waals surface area contributed by atoms with Gasteiger partial charge >= 0.3 is 6.03 Å². The van der Waals surface area contributed by atoms with Crippen LogP contribution in [0.3, 0.4) is 0 Å². The normalized spacial score (nSPS) is 22.2. The number of nitrogens with zero attached hydrogens (tertiary/aromatic N) is 4. The van der Waals surface area contributed by atoms with Gasteiger partial charge in [-0.25, -0.2) is 9.48 Å². The summed E-state index contributed by atoms with van der Waals surface area (Å²) in [5.74, 6) is -1.96. The number of carbonyl (C=O) groups excluding carboxylic acids is 4. The second kappa shape index (κ2) is 14.4. The molecule has 3 fully saturated rings. The van der Waals surface area contributed by atoms with Crippen molar-refractivity contribution in [3.8, 4) is 0 Å². The highest BCUT2D eigenvalue weighted by Gasteiger charge is 2.64. The number of rotatable bonds is 12. The molecule has 3 aliphatic rings. The molecular formula is C33H41N7O6. The van der Waals surface area contributed by atoms with Gasteiger partial charge in [-0.15, -0.1) is 5.10 Å². The third-order valence-electron chi connectivity index (χ3n) is 9.32. The number of hydrogen-bond acceptors (Lipinski definition) is 8. The Bertz CT molecular complexity index is 1540. The molecule has 2 saturated carbocycles. The van der Waals surface area contributed by atoms with Crippen molar-refractivity contribution >= 4 is 34.7 Å². The van der Waals surface area contributed by atoms with Crippen LogP contribution in [0.25, 0.3) is 11.0 Å². The largest absolute Gasteiger partial charge is 0.378 e. The lowest BCUT2D eigenvalue weighted by atomic mass is 9.84. The molecule has 46 heavy (non-hydrogen) atoms. The predicted octanol–water partition coefficient (Wildman–Crippen LogP) is 2.16. The molecule has 3 aromatic rings. The Morgan fingerprint density at radius 2 is 1.72 bits per heavy atom. The van der Waals surface area contributed by atoms with E-state index >= 15 is 0 Å². The van der Waals surface area contributed by atoms with Crippen LogP contribution in [0.5, 0.6) is 0 Å². The number of aromatic nitrogens is 3. The fourth-order valence-electron chi connectivity index (χ4n) is 6.66. The van der Waals surface area contributed by atoms with Crippen LogP contribution < -0.4 is 16.0 Å². The first-order valence-electron chi connectivity index (χ1n) is 16.1. The molecule has 0 spiro atoms. The number of morpholine rings is 1. The standard InChI is InChI=1S/C33H41N7O6/c41-29(30(42)34-22-40-28-14-8-7-13-26(28)37-38-40)27(21-46-20-23-9-3-1-4-10-23)35-31(43)33(19-25(33)24-11-5-2-6-12-24)36-32(44)39-15-17-45-18-16-39/h1,3-4,7-10,13-14,24-25,27H,2,5-6,11-12,15-22H2,(H,34,42)(H,35,43)(H,36,44)/t25-,27?,33?/m0/s1. The number of hydrogen-bond donors (Lipinski definition) is 3. The van der Waals surface area contributed by atoms with Crippen LogP contribution in [0, 0.1) is 11.8 Å². The zero-order chi connectivity index (χ0) is 31.9. The monoisotopic (exact) mass is 631 g/mol. The van der Waals surface area contributed by atoms with Crippen LogP contribution in [-0.2, 0) is 37.1 Å². The average molecular weight is 632 g/mol. The van der Waals surface area contributed by atoms with E-state index < -0.39 is 29.2 Å². The summed E-state index contributed by atoms with van der Waals surface area (Å²) in [7, 11) is 0. The van der Waals surface area contributed by atoms with Gasteiger partial charge in [-0.05, 0) is 36.0 Å². The zero-order valence-corrected chi connectivity index (χ0v) is 25.9. The molecule has 3 N–H and O–H groups in total. The lowest BCUT2D eigenvalue weighted by molar-refractivity contribution is -0.141. The summed E-state index contributed by atoms with van der Waals surface area (Å²) < 4.78 is 12.7. The van der Waals surface area contributed by atoms with E-state index in [1.807, 2.05) is 48.5 Å². The molecule has 2 aliphatic carbocycles. The Labute approximate surface area is 267 Å². The van der Waals surface area contributed by atoms with E-state index in [0.29, 0.717) is 49.7 Å². The second-order valence-electron chi connectivity index (χ2n) is 12.3. The Hall–Kier alpha value is -4.36. The van der Waals surface area contributed by atoms with Crippen LogP contribution in [0.2, 0.25) is 0 Å². The maximum absolute atomic E-state index is 14.1. The molecule has 6 rings (SSSR count). The molecule has 4 amide bonds. The van der Waals surface area contributed by atoms with Gasteiger partial charge in [0.2, 0.25) is 11.7 Å². The molecule has 0 bridgehead atoms. The van der Waals surface area contributed by atoms with Gasteiger partial charge in [-0.3, -0.25) is 14.4 Å². The number of fused-ring (bicyclic) bond motifs is 1. The third-order valence-corrected chi connectivity index (χ3v) is 9.32. The smallest absolute Gasteiger partial charge is 0.318 e. The molecule has 2 unspecified atom stereocenters. The van der Waals surface area contributed by atoms with Crippen molar-refractivity contribution < 1.29 is 28.7 Å². The highest BCUT2D eigenvalue weighted by atomic mass is 16.5. The van der Waals surface area contributed by atoms with E-state index in [4.69, 9.17) is 9.47 Å². The first-order valence-corrected chi connectivity index (χ1v) is 16.1. The number of para-hydroxylation sites is 1. The molecule has 13 nitrogen and oxygen atoms in total. The van der Waals surface area contributed by atoms with E-state index in [9.17, 15) is 19.2 Å². The topological polar surface area (TPSA) is 157 Å². The number of nitrogens with one attached hydrogen (secondary N) is 3. The number of Topliss-reactive ketones (excluding diaryl/α,β-unsaturated/α-hetero) is 1. The van der Waals surface area contributed by atoms with Crippen LogP contribution in [-0.4, -0.2) is 88.0 Å². The van der Waals surface area contributed by atoms with Crippen molar-refractivity contribution in [1.82, 2.24) is 35.8 Å². The number of urea groups is 1. The lowest BCUT2D eigenvalue weighted by Gasteiger charge is -2.31. The maximum atomic E-state index is 14.1. The molecule has 244 valence electrons. The number of ketones is 1. The van der Waals surface area contributed by atoms with Crippen molar-refractivity contribution in [2.45, 2.75) is 63.4 Å². The fourth-order valence-corrected chi connectivity index (χ4v) is 6.66. The summed E-state index contributed by atoms with van der Waals surface area (Å²) in [5.41, 5.74) is 1.08. The van der Waals surface area contributed by atoms with Gasteiger partial charge in [0.05, 0.1) is 31.9 Å². The second-order valence-corrected chi connectivity index (χ2v) is 12.3. The highest BCUT2D eigenvalue weighted by Crippen LogP contribution is 2.53. The first kappa shape index (κ1) is 31.6. The summed E-state index contributed by atoms with van der Waals surface area (Å²) >= 11 is 0. The van der Waals surface area contributed by atoms with E-state index in [1.54, 1.807) is 11.0 Å². The van der Waals surface area contributed by atoms with Crippen molar-refractivity contribution in [2.75, 3.05) is 32.9 Å². The minimum Gasteiger partial charge on any atom is -0.378 e. The fraction of sp³-hybridized carbons (Fsp3) is 0.515. The Morgan fingerprint density at radius 1 is 0.978 bits per heavy atom. The average Bonchev–Trinajstić information content (AvgIpc) is 3.69. The van der Waals surface area contributed by atoms with Crippen molar-refractivity contribution in [3.05, 3.63) is 60.2 Å². The van der Waals surface area contributed by atoms with E-state index in [2.05, 4.69) is 26.3 Å². The summed E-state index contributed by atoms with van der Waals surface area (Å²) in [6.45, 7) is 1.64. The van der Waals surface area contributed by atoms with Gasteiger partial charge in [-0.1, -0.05) is 79.8 Å². The minimum atomic E-state index is -1.27. The van der Waals surface area contributed by atoms with E-state index in [0.717, 1.165) is 37.7 Å². The maximum Gasteiger partial charge on any atom is 0.318 e. The molecule has 1 saturated heterocycles. The summed E-state index contributed by atoms with van der Waals surface area (Å²) in [6.07, 6.45) is 5.82. The van der Waals surface area contributed by atoms with Gasteiger partial charge in [0.1, 0.15) is 23.8 Å². The minimum absolute atomic E-state index is 0.0480. The van der Waals surface area contributed by atoms with Crippen LogP contribution in [0.4, 0.5) is 4.79 Å². The SMILES string of the molecule is O=C(NCn1nnc2ccccc21)C(=O)C(COCc1ccccc1)NC(=O)C1(NC(=O)N2CCOCC2)C[C@H]1C1CCCCC1. The third kappa shape index (κ3) is 7.20. The molecule has 13 heteroatoms. The zero-order valence-electron chi connectivity index (χ0n) is 25.9. The molecule has 1 aliphatic heterocycles. The molecular weight excluding hydrogens is 590 g/mol. The summed E-state index contributed by atoms with van der Waals surface area (Å²) in [4.78, 5) is 55.9. The van der Waals surface area contributed by atoms with Gasteiger partial charge in [0, 0.05) is 13.1 Å². The Balaban J connectivity index is 1.17. The number of benzene rings is 2. The molecule has 1 aromatic heterocycles. The Kier molecular flexibility index (Phi) is 9.88. The predicted molar refractivity (Wildman–Crippen MR) is 167 cm³/mol. The molecule has 2 heterocycles. The van der Waals surface area contributed by atoms with Crippen LogP contribution in [0.15, 0.2) is 54.6 Å². The molecule has 3 atom stereocenters. The number of ether oxygens (including phenoxy) is 2. The Morgan fingerprint density at radius 3 is 2.50 bits per heavy atom. The number of carbonyl (C=O) groups is 4. The van der Waals surface area contributed by atoms with Gasteiger partial charge < -0.3 is 30.3 Å². The van der Waals surface area contributed by atoms with Gasteiger partial charge in [0.15, 0.2) is 0 Å². The molecule has 2 aromatic carbocycles. The summed E-state index contributed by atoms with van der Waals surface area (Å²) in [6, 6.07) is 15.1. The van der Waals surface area contributed by atoms with Crippen molar-refractivity contribution in [1.29, 1.82) is 0 Å². The molecule has 0 radical (unpaired) electrons. The van der Waals surface area contributed by atoms with Gasteiger partial charge in [0.25, 0.3) is 5.91 Å². The van der Waals surface area contributed by atoms with Crippen molar-refractivity contribution in [3.63, 3.8) is 0 Å². The first-order chi connectivity index (χ1) is 22.4. The number of amides is 4. The van der Waals surface area contributed by atoms with Crippen LogP contribution >= 0.6 is 0 Å². The quantitative estimate of drug-likeness (QED) is 0.257.